The molecule has 0 bridgehead atoms. The molecule has 0 amide bonds. The molecule has 19 heteroatoms. The number of hydrogen-bond donors (Lipinski definition) is 0. The Hall–Kier alpha value is -8.68. The van der Waals surface area contributed by atoms with Crippen LogP contribution < -0.4 is 4.74 Å². The molecule has 660 valence electrons. The molecule has 0 unspecified atom stereocenters. The second-order valence-electron chi connectivity index (χ2n) is 33.2. The van der Waals surface area contributed by atoms with Crippen LogP contribution in [0.4, 0.5) is 0 Å². The van der Waals surface area contributed by atoms with Crippen LogP contribution in [0.2, 0.25) is 40.2 Å². The van der Waals surface area contributed by atoms with Gasteiger partial charge in [0.05, 0.1) is 7.11 Å². The van der Waals surface area contributed by atoms with Crippen LogP contribution in [0, 0.1) is 13.8 Å². The molecule has 0 fully saturated rings. The maximum atomic E-state index is 6.26. The number of ether oxygens (including phenoxy) is 1. The van der Waals surface area contributed by atoms with Crippen molar-refractivity contribution in [3.63, 3.8) is 0 Å². The maximum Gasteiger partial charge on any atom is 0.187 e. The Morgan fingerprint density at radius 2 is 0.373 bits per heavy atom. The lowest BCUT2D eigenvalue weighted by atomic mass is 9.87. The first-order valence-corrected chi connectivity index (χ1v) is 56.3. The molecule has 1 nitrogen and oxygen atoms in total. The van der Waals surface area contributed by atoms with E-state index in [2.05, 4.69) is 377 Å². The highest BCUT2D eigenvalue weighted by Crippen LogP contribution is 2.57. The highest BCUT2D eigenvalue weighted by molar-refractivity contribution is 9.11. The summed E-state index contributed by atoms with van der Waals surface area (Å²) >= 11 is 64.2. The fourth-order valence-electron chi connectivity index (χ4n) is 17.2. The minimum Gasteiger partial charge on any atom is -0.497 e. The first kappa shape index (κ1) is 94.3. The quantitative estimate of drug-likeness (QED) is 0.145. The van der Waals surface area contributed by atoms with Crippen molar-refractivity contribution in [1.82, 2.24) is 0 Å². The lowest BCUT2D eigenvalue weighted by molar-refractivity contribution is 0.415. The van der Waals surface area contributed by atoms with Crippen LogP contribution in [0.5, 0.6) is 5.75 Å². The third-order valence-corrected chi connectivity index (χ3v) is 41.3. The van der Waals surface area contributed by atoms with Gasteiger partial charge in [-0.3, -0.25) is 0 Å². The monoisotopic (exact) mass is 2260 g/mol. The summed E-state index contributed by atoms with van der Waals surface area (Å²) in [5.74, 6) is 0.865. The summed E-state index contributed by atoms with van der Waals surface area (Å²) in [6.45, 7) is 11.0. The molecule has 0 saturated carbocycles. The fourth-order valence-corrected chi connectivity index (χ4v) is 34.1. The van der Waals surface area contributed by atoms with E-state index < -0.39 is 0 Å². The van der Waals surface area contributed by atoms with Gasteiger partial charge in [-0.2, -0.15) is 0 Å². The Bertz CT molecular complexity index is 7940. The summed E-state index contributed by atoms with van der Waals surface area (Å²) in [6.07, 6.45) is 0. The van der Waals surface area contributed by atoms with Gasteiger partial charge in [-0.15, -0.1) is 0 Å². The van der Waals surface area contributed by atoms with E-state index in [4.69, 9.17) is 97.5 Å². The molecule has 0 spiro atoms. The number of hydrogen-bond acceptors (Lipinski definition) is 1. The van der Waals surface area contributed by atoms with E-state index in [0.717, 1.165) is 63.8 Å². The molecule has 24 aromatic rings. The fraction of sp³-hybridized carbons (Fsp3) is 0.0609. The first-order chi connectivity index (χ1) is 64.7. The van der Waals surface area contributed by atoms with Gasteiger partial charge < -0.3 is 4.74 Å². The zero-order valence-corrected chi connectivity index (χ0v) is 90.0. The second-order valence-corrected chi connectivity index (χ2v) is 52.2. The van der Waals surface area contributed by atoms with E-state index in [1.165, 1.54) is 167 Å². The Morgan fingerprint density at radius 1 is 0.201 bits per heavy atom. The van der Waals surface area contributed by atoms with Gasteiger partial charge in [-0.05, 0) is 243 Å². The van der Waals surface area contributed by atoms with Crippen molar-refractivity contribution in [2.45, 2.75) is 40.0 Å². The second kappa shape index (κ2) is 40.4. The van der Waals surface area contributed by atoms with Crippen molar-refractivity contribution >= 4 is 340 Å². The summed E-state index contributed by atoms with van der Waals surface area (Å²) in [7, 11) is 1.27. The largest absolute Gasteiger partial charge is 0.497 e. The molecule has 0 saturated heterocycles. The highest BCUT2D eigenvalue weighted by Gasteiger charge is 2.32. The lowest BCUT2D eigenvalue weighted by Gasteiger charge is -2.18. The number of rotatable bonds is 7. The van der Waals surface area contributed by atoms with Gasteiger partial charge in [0.2, 0.25) is 0 Å². The standard InChI is InChI=1S/C22H19Cl2S.C19H13Br2S.C19H13Cl2OS.C19H13Cl2S.C18H11Br2S.C18H11Cl2S/c1-22(2,3)14-4-8-17(9-5-14)25-20-10-6-15(23)12-18(20)19-13-16(24)7-11-21(19)25;1-12-2-6-15(7-3-12)22-18-8-4-13(20)10-16(18)17-11-14(21)5-9-19(17)22;1-22-14-4-6-15(7-5-14)23-18-8-2-12(20)10-16(18)17-11-13(21)3-9-19(17)23;1-12-2-6-15(7-3-12)22-18-8-4-13(20)10-16(18)17-11-14(21)5-9-19(17)22;2*19-12-6-8-17-15(10-12)16-11-13(20)7-9-18(16)21(17)14-4-2-1-3-5-14/h4-13H,1-3H3;2-11H,1H3;2-11H,1H3;2-11H,1H3;2*1-11H/q6*+1. The minimum atomic E-state index is -0.140. The van der Waals surface area contributed by atoms with Gasteiger partial charge in [-0.1, -0.05) is 261 Å². The van der Waals surface area contributed by atoms with Gasteiger partial charge in [0.25, 0.3) is 0 Å². The molecule has 6 aromatic heterocycles. The van der Waals surface area contributed by atoms with Crippen molar-refractivity contribution in [2.75, 3.05) is 7.11 Å². The van der Waals surface area contributed by atoms with Gasteiger partial charge in [0, 0.05) is 270 Å². The molecule has 0 aliphatic carbocycles. The summed E-state index contributed by atoms with van der Waals surface area (Å²) in [4.78, 5) is 8.00. The normalized spacial score (nSPS) is 11.5. The van der Waals surface area contributed by atoms with Crippen molar-refractivity contribution in [2.24, 2.45) is 0 Å². The predicted molar refractivity (Wildman–Crippen MR) is 617 cm³/mol. The third-order valence-electron chi connectivity index (χ3n) is 23.4. The summed E-state index contributed by atoms with van der Waals surface area (Å²) in [6, 6.07) is 132. The molecule has 0 aliphatic rings. The highest BCUT2D eigenvalue weighted by atomic mass is 79.9. The van der Waals surface area contributed by atoms with E-state index in [1.54, 1.807) is 7.11 Å². The Kier molecular flexibility index (Phi) is 28.4. The first-order valence-electron chi connectivity index (χ1n) is 42.8. The van der Waals surface area contributed by atoms with E-state index in [0.29, 0.717) is 0 Å². The Morgan fingerprint density at radius 3 is 0.567 bits per heavy atom. The molecule has 0 atom stereocenters. The van der Waals surface area contributed by atoms with Gasteiger partial charge in [-0.25, -0.2) is 0 Å². The van der Waals surface area contributed by atoms with Crippen LogP contribution in [-0.2, 0) is 5.41 Å². The zero-order valence-electron chi connectivity index (χ0n) is 72.7. The van der Waals surface area contributed by atoms with Crippen LogP contribution in [0.3, 0.4) is 0 Å². The average molecular weight is 2270 g/mol. The average Bonchev–Trinajstić information content (AvgIpc) is 1.63. The van der Waals surface area contributed by atoms with Crippen LogP contribution >= 0.6 is 219 Å². The number of halogens is 12. The number of aryl methyl sites for hydroxylation is 2. The van der Waals surface area contributed by atoms with Crippen molar-refractivity contribution in [1.29, 1.82) is 0 Å². The van der Waals surface area contributed by atoms with Crippen LogP contribution in [0.25, 0.3) is 150 Å². The summed E-state index contributed by atoms with van der Waals surface area (Å²) in [5, 5.41) is 21.0. The number of thiophene rings is 6. The van der Waals surface area contributed by atoms with E-state index in [9.17, 15) is 0 Å². The number of benzene rings is 18. The van der Waals surface area contributed by atoms with E-state index in [-0.39, 0.29) is 68.2 Å². The van der Waals surface area contributed by atoms with Crippen LogP contribution in [0.15, 0.2) is 394 Å². The summed E-state index contributed by atoms with van der Waals surface area (Å²) in [5.41, 5.74) is 4.10. The number of fused-ring (bicyclic) bond motifs is 18. The molecule has 0 N–H and O–H groups in total. The van der Waals surface area contributed by atoms with E-state index in [1.807, 2.05) is 97.1 Å². The molecule has 0 aliphatic heterocycles. The molecular weight excluding hydrogens is 2190 g/mol. The van der Waals surface area contributed by atoms with Gasteiger partial charge >= 0.3 is 0 Å². The van der Waals surface area contributed by atoms with Gasteiger partial charge in [0.15, 0.2) is 85.8 Å². The predicted octanol–water partition coefficient (Wildman–Crippen LogP) is 44.6. The SMILES string of the molecule is Brc1ccc2c(c1)c1cc(Br)ccc1[s+]2-c1ccccc1.CC(C)(C)c1ccc(-[s+]2c3ccc(Cl)cc3c3cc(Cl)ccc32)cc1.COc1ccc(-[s+]2c3ccc(Cl)cc3c3cc(Cl)ccc32)cc1.Cc1ccc(-[s+]2c3ccc(Br)cc3c3cc(Br)ccc32)cc1.Cc1ccc(-[s+]2c3ccc(Cl)cc3c3cc(Cl)ccc32)cc1.Clc1ccc2c(c1)c1cc(Cl)ccc1[s+]2-c1ccccc1. The molecule has 134 heavy (non-hydrogen) atoms. The van der Waals surface area contributed by atoms with Crippen LogP contribution in [-0.4, -0.2) is 7.11 Å². The molecule has 6 heterocycles. The Labute approximate surface area is 867 Å². The smallest absolute Gasteiger partial charge is 0.187 e. The molecule has 24 rings (SSSR count). The Balaban J connectivity index is 0.000000104. The summed E-state index contributed by atoms with van der Waals surface area (Å²) < 4.78 is 26.0. The lowest BCUT2D eigenvalue weighted by Crippen LogP contribution is -2.10. The zero-order chi connectivity index (χ0) is 93.1. The van der Waals surface area contributed by atoms with Crippen molar-refractivity contribution in [3.8, 4) is 35.1 Å². The van der Waals surface area contributed by atoms with Crippen molar-refractivity contribution < 1.29 is 4.74 Å². The number of methoxy groups -OCH3 is 1. The maximum absolute atomic E-state index is 6.26. The minimum absolute atomic E-state index is 0.00123. The van der Waals surface area contributed by atoms with E-state index >= 15 is 0 Å². The van der Waals surface area contributed by atoms with Crippen molar-refractivity contribution in [3.05, 3.63) is 451 Å². The molecular formula is C115H80Br4Cl8OS6+6. The van der Waals surface area contributed by atoms with Gasteiger partial charge in [0.1, 0.15) is 5.75 Å². The topological polar surface area (TPSA) is 9.23 Å². The molecule has 18 aromatic carbocycles. The molecule has 0 radical (unpaired) electrons. The third kappa shape index (κ3) is 19.5. The van der Waals surface area contributed by atoms with Crippen LogP contribution in [0.1, 0.15) is 37.5 Å².